The Hall–Kier alpha value is -1.56. The van der Waals surface area contributed by atoms with Crippen LogP contribution >= 0.6 is 0 Å². The van der Waals surface area contributed by atoms with E-state index in [0.717, 1.165) is 18.6 Å². The fourth-order valence-electron chi connectivity index (χ4n) is 2.47. The minimum absolute atomic E-state index is 0.0441. The quantitative estimate of drug-likeness (QED) is 0.861. The smallest absolute Gasteiger partial charge is 0.378 e. The zero-order chi connectivity index (χ0) is 13.6. The Bertz CT molecular complexity index is 605. The van der Waals surface area contributed by atoms with Gasteiger partial charge in [-0.2, -0.15) is 13.2 Å². The molecule has 1 N–H and O–H groups in total. The fraction of sp³-hybridized carbons (Fsp3) is 0.462. The van der Waals surface area contributed by atoms with E-state index in [9.17, 15) is 13.2 Å². The van der Waals surface area contributed by atoms with Gasteiger partial charge in [0.1, 0.15) is 5.82 Å². The summed E-state index contributed by atoms with van der Waals surface area (Å²) in [5.74, 6) is 0.834. The van der Waals surface area contributed by atoms with Gasteiger partial charge in [0.25, 0.3) is 0 Å². The highest BCUT2D eigenvalue weighted by Gasteiger charge is 2.32. The molecule has 1 aromatic heterocycles. The standard InChI is InChI=1S/C13H13F3N2O/c1-7-9(4-5-19-7)12-17-10-3-2-8(13(14,15)16)6-11(10)18-12/h2-3,6-7,9H,4-5H2,1H3,(H,17,18). The summed E-state index contributed by atoms with van der Waals surface area (Å²) < 4.78 is 43.3. The van der Waals surface area contributed by atoms with E-state index in [0.29, 0.717) is 23.5 Å². The highest BCUT2D eigenvalue weighted by atomic mass is 19.4. The van der Waals surface area contributed by atoms with Crippen LogP contribution in [0.15, 0.2) is 18.2 Å². The van der Waals surface area contributed by atoms with Crippen LogP contribution in [-0.4, -0.2) is 22.7 Å². The second-order valence-corrected chi connectivity index (χ2v) is 4.82. The van der Waals surface area contributed by atoms with Gasteiger partial charge in [-0.1, -0.05) is 0 Å². The first-order valence-corrected chi connectivity index (χ1v) is 6.13. The third-order valence-corrected chi connectivity index (χ3v) is 3.55. The van der Waals surface area contributed by atoms with Crippen LogP contribution in [-0.2, 0) is 10.9 Å². The zero-order valence-electron chi connectivity index (χ0n) is 10.3. The van der Waals surface area contributed by atoms with E-state index < -0.39 is 11.7 Å². The van der Waals surface area contributed by atoms with Crippen molar-refractivity contribution in [1.29, 1.82) is 0 Å². The summed E-state index contributed by atoms with van der Waals surface area (Å²) >= 11 is 0. The van der Waals surface area contributed by atoms with E-state index >= 15 is 0 Å². The second kappa shape index (κ2) is 4.23. The largest absolute Gasteiger partial charge is 0.416 e. The molecule has 2 heterocycles. The van der Waals surface area contributed by atoms with Crippen molar-refractivity contribution in [3.05, 3.63) is 29.6 Å². The van der Waals surface area contributed by atoms with E-state index in [1.54, 1.807) is 0 Å². The van der Waals surface area contributed by atoms with Gasteiger partial charge >= 0.3 is 6.18 Å². The van der Waals surface area contributed by atoms with Gasteiger partial charge in [0.05, 0.1) is 22.7 Å². The lowest BCUT2D eigenvalue weighted by molar-refractivity contribution is -0.137. The average molecular weight is 270 g/mol. The molecule has 2 aromatic rings. The van der Waals surface area contributed by atoms with E-state index in [1.807, 2.05) is 6.92 Å². The number of fused-ring (bicyclic) bond motifs is 1. The van der Waals surface area contributed by atoms with Gasteiger partial charge in [-0.25, -0.2) is 4.98 Å². The Morgan fingerprint density at radius 2 is 2.16 bits per heavy atom. The minimum atomic E-state index is -4.33. The minimum Gasteiger partial charge on any atom is -0.378 e. The molecule has 0 aliphatic carbocycles. The second-order valence-electron chi connectivity index (χ2n) is 4.82. The summed E-state index contributed by atoms with van der Waals surface area (Å²) in [6.07, 6.45) is -3.45. The Balaban J connectivity index is 2.01. The number of benzene rings is 1. The van der Waals surface area contributed by atoms with E-state index in [4.69, 9.17) is 4.74 Å². The topological polar surface area (TPSA) is 37.9 Å². The van der Waals surface area contributed by atoms with Crippen LogP contribution in [0.1, 0.15) is 30.7 Å². The van der Waals surface area contributed by atoms with Crippen LogP contribution in [0, 0.1) is 0 Å². The summed E-state index contributed by atoms with van der Waals surface area (Å²) in [6.45, 7) is 2.61. The molecule has 0 amide bonds. The third kappa shape index (κ3) is 2.20. The zero-order valence-corrected chi connectivity index (χ0v) is 10.3. The van der Waals surface area contributed by atoms with Gasteiger partial charge in [-0.15, -0.1) is 0 Å². The number of nitrogens with zero attached hydrogens (tertiary/aromatic N) is 1. The van der Waals surface area contributed by atoms with Crippen LogP contribution < -0.4 is 0 Å². The Morgan fingerprint density at radius 3 is 2.79 bits per heavy atom. The molecule has 2 unspecified atom stereocenters. The number of hydrogen-bond donors (Lipinski definition) is 1. The van der Waals surface area contributed by atoms with Crippen LogP contribution in [0.3, 0.4) is 0 Å². The summed E-state index contributed by atoms with van der Waals surface area (Å²) in [5, 5.41) is 0. The molecular weight excluding hydrogens is 257 g/mol. The maximum Gasteiger partial charge on any atom is 0.416 e. The van der Waals surface area contributed by atoms with Crippen molar-refractivity contribution < 1.29 is 17.9 Å². The van der Waals surface area contributed by atoms with Crippen molar-refractivity contribution in [1.82, 2.24) is 9.97 Å². The number of ether oxygens (including phenoxy) is 1. The maximum absolute atomic E-state index is 12.6. The molecule has 0 saturated carbocycles. The molecule has 1 saturated heterocycles. The third-order valence-electron chi connectivity index (χ3n) is 3.55. The lowest BCUT2D eigenvalue weighted by atomic mass is 10.0. The first-order valence-electron chi connectivity index (χ1n) is 6.13. The molecule has 0 spiro atoms. The Labute approximate surface area is 107 Å². The monoisotopic (exact) mass is 270 g/mol. The van der Waals surface area contributed by atoms with E-state index in [-0.39, 0.29) is 12.0 Å². The molecule has 6 heteroatoms. The predicted molar refractivity (Wildman–Crippen MR) is 63.9 cm³/mol. The first-order chi connectivity index (χ1) is 8.95. The van der Waals surface area contributed by atoms with Gasteiger partial charge in [-0.3, -0.25) is 0 Å². The van der Waals surface area contributed by atoms with Crippen molar-refractivity contribution >= 4 is 11.0 Å². The average Bonchev–Trinajstić information content (AvgIpc) is 2.91. The van der Waals surface area contributed by atoms with Crippen molar-refractivity contribution in [2.24, 2.45) is 0 Å². The number of halogens is 3. The van der Waals surface area contributed by atoms with Gasteiger partial charge < -0.3 is 9.72 Å². The van der Waals surface area contributed by atoms with Gasteiger partial charge in [-0.05, 0) is 31.5 Å². The van der Waals surface area contributed by atoms with Crippen LogP contribution in [0.4, 0.5) is 13.2 Å². The number of H-pyrrole nitrogens is 1. The lowest BCUT2D eigenvalue weighted by Gasteiger charge is -2.10. The molecule has 19 heavy (non-hydrogen) atoms. The molecule has 0 bridgehead atoms. The van der Waals surface area contributed by atoms with Gasteiger partial charge in [0.15, 0.2) is 0 Å². The molecule has 102 valence electrons. The van der Waals surface area contributed by atoms with Crippen LogP contribution in [0.25, 0.3) is 11.0 Å². The highest BCUT2D eigenvalue weighted by Crippen LogP contribution is 2.33. The summed E-state index contributed by atoms with van der Waals surface area (Å²) in [7, 11) is 0. The number of aromatic nitrogens is 2. The molecule has 1 aromatic carbocycles. The molecule has 2 atom stereocenters. The van der Waals surface area contributed by atoms with E-state index in [2.05, 4.69) is 9.97 Å². The highest BCUT2D eigenvalue weighted by molar-refractivity contribution is 5.76. The number of imidazole rings is 1. The predicted octanol–water partition coefficient (Wildman–Crippen LogP) is 3.47. The van der Waals surface area contributed by atoms with Crippen molar-refractivity contribution in [3.63, 3.8) is 0 Å². The normalized spacial score (nSPS) is 24.2. The number of alkyl halides is 3. The molecule has 1 aliphatic heterocycles. The molecule has 3 rings (SSSR count). The fourth-order valence-corrected chi connectivity index (χ4v) is 2.47. The number of aromatic amines is 1. The van der Waals surface area contributed by atoms with Crippen molar-refractivity contribution in [3.8, 4) is 0 Å². The Morgan fingerprint density at radius 1 is 1.37 bits per heavy atom. The Kier molecular flexibility index (Phi) is 2.78. The number of nitrogens with one attached hydrogen (secondary N) is 1. The molecular formula is C13H13F3N2O. The first kappa shape index (κ1) is 12.5. The van der Waals surface area contributed by atoms with Crippen LogP contribution in [0.2, 0.25) is 0 Å². The summed E-state index contributed by atoms with van der Waals surface area (Å²) in [4.78, 5) is 7.35. The van der Waals surface area contributed by atoms with E-state index in [1.165, 1.54) is 6.07 Å². The van der Waals surface area contributed by atoms with Gasteiger partial charge in [0, 0.05) is 12.5 Å². The summed E-state index contributed by atoms with van der Waals surface area (Å²) in [5.41, 5.74) is 0.317. The number of rotatable bonds is 1. The van der Waals surface area contributed by atoms with Crippen molar-refractivity contribution in [2.75, 3.05) is 6.61 Å². The molecule has 1 aliphatic rings. The molecule has 0 radical (unpaired) electrons. The summed E-state index contributed by atoms with van der Waals surface area (Å²) in [6, 6.07) is 3.56. The number of hydrogen-bond acceptors (Lipinski definition) is 2. The maximum atomic E-state index is 12.6. The lowest BCUT2D eigenvalue weighted by Crippen LogP contribution is -2.10. The van der Waals surface area contributed by atoms with Crippen molar-refractivity contribution in [2.45, 2.75) is 31.5 Å². The SMILES string of the molecule is CC1OCCC1c1nc2ccc(C(F)(F)F)cc2[nH]1. The molecule has 1 fully saturated rings. The van der Waals surface area contributed by atoms with Gasteiger partial charge in [0.2, 0.25) is 0 Å². The van der Waals surface area contributed by atoms with Crippen LogP contribution in [0.5, 0.6) is 0 Å². The molecule has 3 nitrogen and oxygen atoms in total.